The molecule has 0 spiro atoms. The molecule has 0 aromatic carbocycles. The minimum Gasteiger partial charge on any atom is -0.480 e. The van der Waals surface area contributed by atoms with E-state index in [2.05, 4.69) is 31.2 Å². The number of anilines is 1. The molecule has 1 atom stereocenters. The summed E-state index contributed by atoms with van der Waals surface area (Å²) in [4.78, 5) is 8.26. The number of nitrogens with one attached hydrogen (secondary N) is 1. The Balaban J connectivity index is 2.80. The van der Waals surface area contributed by atoms with Gasteiger partial charge in [0.25, 0.3) is 0 Å². The van der Waals surface area contributed by atoms with E-state index in [1.165, 1.54) is 0 Å². The van der Waals surface area contributed by atoms with Crippen molar-refractivity contribution in [2.45, 2.75) is 19.9 Å². The van der Waals surface area contributed by atoms with Crippen molar-refractivity contribution in [1.82, 2.24) is 9.97 Å². The summed E-state index contributed by atoms with van der Waals surface area (Å²) in [6.07, 6.45) is 1.61. The highest BCUT2D eigenvalue weighted by atomic mass is 79.9. The first-order chi connectivity index (χ1) is 7.58. The van der Waals surface area contributed by atoms with Gasteiger partial charge in [-0.05, 0) is 21.8 Å². The second kappa shape index (κ2) is 6.00. The lowest BCUT2D eigenvalue weighted by atomic mass is 10.1. The molecule has 90 valence electrons. The van der Waals surface area contributed by atoms with Crippen LogP contribution >= 0.6 is 15.9 Å². The van der Waals surface area contributed by atoms with Crippen LogP contribution in [-0.4, -0.2) is 34.8 Å². The average Bonchev–Trinajstić information content (AvgIpc) is 2.27. The van der Waals surface area contributed by atoms with Gasteiger partial charge in [0.1, 0.15) is 0 Å². The van der Waals surface area contributed by atoms with E-state index in [0.717, 1.165) is 0 Å². The van der Waals surface area contributed by atoms with Gasteiger partial charge < -0.3 is 15.2 Å². The number of halogens is 1. The van der Waals surface area contributed by atoms with Gasteiger partial charge in [-0.2, -0.15) is 4.98 Å². The third-order valence-corrected chi connectivity index (χ3v) is 2.77. The summed E-state index contributed by atoms with van der Waals surface area (Å²) in [6.45, 7) is 4.08. The van der Waals surface area contributed by atoms with E-state index < -0.39 is 0 Å². The van der Waals surface area contributed by atoms with Crippen molar-refractivity contribution < 1.29 is 9.84 Å². The van der Waals surface area contributed by atoms with Crippen LogP contribution in [0.4, 0.5) is 5.95 Å². The highest BCUT2D eigenvalue weighted by Crippen LogP contribution is 2.22. The van der Waals surface area contributed by atoms with Crippen LogP contribution in [0, 0.1) is 5.92 Å². The zero-order valence-corrected chi connectivity index (χ0v) is 11.2. The van der Waals surface area contributed by atoms with Gasteiger partial charge in [0.15, 0.2) is 0 Å². The lowest BCUT2D eigenvalue weighted by Gasteiger charge is -2.19. The zero-order chi connectivity index (χ0) is 12.1. The van der Waals surface area contributed by atoms with E-state index in [-0.39, 0.29) is 12.6 Å². The topological polar surface area (TPSA) is 67.3 Å². The Morgan fingerprint density at radius 1 is 1.56 bits per heavy atom. The van der Waals surface area contributed by atoms with E-state index >= 15 is 0 Å². The summed E-state index contributed by atoms with van der Waals surface area (Å²) >= 11 is 3.28. The minimum absolute atomic E-state index is 0.0411. The fourth-order valence-corrected chi connectivity index (χ4v) is 1.51. The number of aliphatic hydroxyl groups excluding tert-OH is 1. The molecule has 2 N–H and O–H groups in total. The van der Waals surface area contributed by atoms with Crippen molar-refractivity contribution in [1.29, 1.82) is 0 Å². The van der Waals surface area contributed by atoms with Gasteiger partial charge in [0, 0.05) is 0 Å². The van der Waals surface area contributed by atoms with Gasteiger partial charge in [-0.15, -0.1) is 0 Å². The summed E-state index contributed by atoms with van der Waals surface area (Å²) in [7, 11) is 1.54. The number of ether oxygens (including phenoxy) is 1. The third-order valence-electron chi connectivity index (χ3n) is 2.22. The van der Waals surface area contributed by atoms with Crippen LogP contribution in [0.1, 0.15) is 13.8 Å². The molecular formula is C10H16BrN3O2. The van der Waals surface area contributed by atoms with Gasteiger partial charge in [-0.25, -0.2) is 4.98 Å². The smallest absolute Gasteiger partial charge is 0.232 e. The minimum atomic E-state index is -0.0640. The SMILES string of the molecule is COc1nc(NC(CO)C(C)C)ncc1Br. The van der Waals surface area contributed by atoms with Crippen molar-refractivity contribution in [3.63, 3.8) is 0 Å². The van der Waals surface area contributed by atoms with E-state index in [1.54, 1.807) is 13.3 Å². The standard InChI is InChI=1S/C10H16BrN3O2/c1-6(2)8(5-15)13-10-12-4-7(11)9(14-10)16-3/h4,6,8,15H,5H2,1-3H3,(H,12,13,14). The van der Waals surface area contributed by atoms with E-state index in [0.29, 0.717) is 22.2 Å². The summed E-state index contributed by atoms with van der Waals surface area (Å²) in [6, 6.07) is -0.0640. The monoisotopic (exact) mass is 289 g/mol. The molecule has 16 heavy (non-hydrogen) atoms. The van der Waals surface area contributed by atoms with Crippen LogP contribution in [0.25, 0.3) is 0 Å². The predicted octanol–water partition coefficient (Wildman–Crippen LogP) is 1.68. The quantitative estimate of drug-likeness (QED) is 0.863. The first-order valence-corrected chi connectivity index (χ1v) is 5.81. The molecule has 6 heteroatoms. The molecule has 0 saturated heterocycles. The van der Waals surface area contributed by atoms with E-state index in [4.69, 9.17) is 4.74 Å². The molecule has 0 fully saturated rings. The summed E-state index contributed by atoms with van der Waals surface area (Å²) in [5.41, 5.74) is 0. The van der Waals surface area contributed by atoms with Crippen molar-refractivity contribution >= 4 is 21.9 Å². The summed E-state index contributed by atoms with van der Waals surface area (Å²) in [5.74, 6) is 1.22. The molecule has 0 saturated carbocycles. The van der Waals surface area contributed by atoms with Gasteiger partial charge in [-0.3, -0.25) is 0 Å². The molecule has 0 aliphatic rings. The first-order valence-electron chi connectivity index (χ1n) is 5.02. The highest BCUT2D eigenvalue weighted by Gasteiger charge is 2.14. The van der Waals surface area contributed by atoms with Crippen molar-refractivity contribution in [3.05, 3.63) is 10.7 Å². The van der Waals surface area contributed by atoms with Crippen molar-refractivity contribution in [2.75, 3.05) is 19.0 Å². The first kappa shape index (κ1) is 13.2. The van der Waals surface area contributed by atoms with E-state index in [9.17, 15) is 5.11 Å². The second-order valence-corrected chi connectivity index (χ2v) is 4.58. The lowest BCUT2D eigenvalue weighted by Crippen LogP contribution is -2.30. The predicted molar refractivity (Wildman–Crippen MR) is 65.6 cm³/mol. The maximum Gasteiger partial charge on any atom is 0.232 e. The largest absolute Gasteiger partial charge is 0.480 e. The van der Waals surface area contributed by atoms with Crippen molar-refractivity contribution in [2.24, 2.45) is 5.92 Å². The van der Waals surface area contributed by atoms with Gasteiger partial charge in [-0.1, -0.05) is 13.8 Å². The molecule has 0 amide bonds. The van der Waals surface area contributed by atoms with Gasteiger partial charge >= 0.3 is 0 Å². The Hall–Kier alpha value is -0.880. The maximum absolute atomic E-state index is 9.18. The fourth-order valence-electron chi connectivity index (χ4n) is 1.15. The maximum atomic E-state index is 9.18. The Morgan fingerprint density at radius 3 is 2.75 bits per heavy atom. The van der Waals surface area contributed by atoms with Crippen LogP contribution in [0.3, 0.4) is 0 Å². The summed E-state index contributed by atoms with van der Waals surface area (Å²) < 4.78 is 5.76. The number of hydrogen-bond acceptors (Lipinski definition) is 5. The molecule has 0 aliphatic carbocycles. The average molecular weight is 290 g/mol. The molecule has 1 unspecified atom stereocenters. The van der Waals surface area contributed by atoms with Crippen LogP contribution in [0.2, 0.25) is 0 Å². The number of nitrogens with zero attached hydrogens (tertiary/aromatic N) is 2. The fraction of sp³-hybridized carbons (Fsp3) is 0.600. The summed E-state index contributed by atoms with van der Waals surface area (Å²) in [5, 5.41) is 12.2. The van der Waals surface area contributed by atoms with E-state index in [1.807, 2.05) is 13.8 Å². The Bertz CT molecular complexity index is 347. The molecule has 1 heterocycles. The molecule has 5 nitrogen and oxygen atoms in total. The van der Waals surface area contributed by atoms with Gasteiger partial charge in [0.05, 0.1) is 30.4 Å². The number of hydrogen-bond donors (Lipinski definition) is 2. The van der Waals surface area contributed by atoms with Crippen LogP contribution in [0.15, 0.2) is 10.7 Å². The lowest BCUT2D eigenvalue weighted by molar-refractivity contribution is 0.248. The van der Waals surface area contributed by atoms with Crippen LogP contribution < -0.4 is 10.1 Å². The van der Waals surface area contributed by atoms with Crippen molar-refractivity contribution in [3.8, 4) is 5.88 Å². The Labute approximate surface area is 103 Å². The normalized spacial score (nSPS) is 12.6. The molecule has 1 aromatic heterocycles. The number of aliphatic hydroxyl groups is 1. The molecule has 1 aromatic rings. The third kappa shape index (κ3) is 3.31. The van der Waals surface area contributed by atoms with Gasteiger partial charge in [0.2, 0.25) is 11.8 Å². The molecule has 0 radical (unpaired) electrons. The second-order valence-electron chi connectivity index (χ2n) is 3.73. The Morgan fingerprint density at radius 2 is 2.25 bits per heavy atom. The Kier molecular flexibility index (Phi) is 4.95. The molecule has 0 aliphatic heterocycles. The number of methoxy groups -OCH3 is 1. The number of aromatic nitrogens is 2. The molecular weight excluding hydrogens is 274 g/mol. The molecule has 0 bridgehead atoms. The zero-order valence-electron chi connectivity index (χ0n) is 9.57. The van der Waals surface area contributed by atoms with Crippen LogP contribution in [0.5, 0.6) is 5.88 Å². The highest BCUT2D eigenvalue weighted by molar-refractivity contribution is 9.10. The molecule has 1 rings (SSSR count). The van der Waals surface area contributed by atoms with Crippen LogP contribution in [-0.2, 0) is 0 Å². The number of rotatable bonds is 5.